The van der Waals surface area contributed by atoms with Crippen molar-refractivity contribution < 1.29 is 23.0 Å². The lowest BCUT2D eigenvalue weighted by molar-refractivity contribution is -0.870. The quantitative estimate of drug-likeness (QED) is 0.196. The van der Waals surface area contributed by atoms with E-state index in [-0.39, 0.29) is 12.7 Å². The zero-order valence-corrected chi connectivity index (χ0v) is 26.4. The largest absolute Gasteiger partial charge is 0.472 e. The van der Waals surface area contributed by atoms with Crippen LogP contribution in [-0.2, 0) is 13.6 Å². The van der Waals surface area contributed by atoms with Crippen molar-refractivity contribution in [3.8, 4) is 0 Å². The van der Waals surface area contributed by atoms with Crippen LogP contribution < -0.4 is 0 Å². The second-order valence-electron chi connectivity index (χ2n) is 14.2. The van der Waals surface area contributed by atoms with Gasteiger partial charge in [0.1, 0.15) is 13.2 Å². The molecule has 0 bridgehead atoms. The van der Waals surface area contributed by atoms with E-state index in [0.717, 1.165) is 35.3 Å². The Balaban J connectivity index is 1.63. The maximum atomic E-state index is 12.6. The van der Waals surface area contributed by atoms with Crippen LogP contribution in [0, 0.1) is 29.1 Å². The molecule has 218 valence electrons. The summed E-state index contributed by atoms with van der Waals surface area (Å²) < 4.78 is 24.1. The molecule has 0 saturated heterocycles. The fourth-order valence-corrected chi connectivity index (χ4v) is 8.31. The molecule has 0 aliphatic heterocycles. The van der Waals surface area contributed by atoms with Crippen LogP contribution >= 0.6 is 7.82 Å². The Morgan fingerprint density at radius 3 is 2.55 bits per heavy atom. The van der Waals surface area contributed by atoms with Crippen LogP contribution in [0.5, 0.6) is 0 Å². The first kappa shape index (κ1) is 31.8. The van der Waals surface area contributed by atoms with E-state index in [9.17, 15) is 9.46 Å². The smallest absolute Gasteiger partial charge is 0.329 e. The monoisotopic (exact) mass is 550 g/mol. The molecular formula is C32H57NO4P+. The molecule has 1 N–H and O–H groups in total. The summed E-state index contributed by atoms with van der Waals surface area (Å²) in [5.41, 5.74) is 4.31. The number of quaternary nitrogens is 1. The summed E-state index contributed by atoms with van der Waals surface area (Å²) >= 11 is 0. The fraction of sp³-hybridized carbons (Fsp3) is 0.812. The Morgan fingerprint density at radius 2 is 1.87 bits per heavy atom. The Bertz CT molecular complexity index is 917. The molecule has 0 aromatic rings. The third-order valence-electron chi connectivity index (χ3n) is 9.63. The fourth-order valence-electron chi connectivity index (χ4n) is 7.38. The summed E-state index contributed by atoms with van der Waals surface area (Å²) in [4.78, 5) is 10.3. The average Bonchev–Trinajstić information content (AvgIpc) is 3.15. The van der Waals surface area contributed by atoms with Crippen LogP contribution in [0.4, 0.5) is 0 Å². The lowest BCUT2D eigenvalue weighted by atomic mass is 9.60. The Hall–Kier alpha value is -0.710. The molecule has 38 heavy (non-hydrogen) atoms. The molecule has 0 spiro atoms. The van der Waals surface area contributed by atoms with Crippen LogP contribution in [0.15, 0.2) is 35.5 Å². The van der Waals surface area contributed by atoms with Gasteiger partial charge in [-0.3, -0.25) is 9.05 Å². The highest BCUT2D eigenvalue weighted by molar-refractivity contribution is 7.47. The van der Waals surface area contributed by atoms with Crippen molar-refractivity contribution >= 4 is 7.82 Å². The first-order valence-corrected chi connectivity index (χ1v) is 16.7. The zero-order valence-electron chi connectivity index (χ0n) is 25.5. The van der Waals surface area contributed by atoms with Gasteiger partial charge in [0, 0.05) is 0 Å². The summed E-state index contributed by atoms with van der Waals surface area (Å²) in [6.07, 6.45) is 17.0. The highest BCUT2D eigenvalue weighted by Gasteiger charge is 2.50. The van der Waals surface area contributed by atoms with E-state index < -0.39 is 7.82 Å². The average molecular weight is 551 g/mol. The molecule has 0 heterocycles. The summed E-state index contributed by atoms with van der Waals surface area (Å²) in [5.74, 6) is 3.11. The van der Waals surface area contributed by atoms with E-state index >= 15 is 0 Å². The predicted octanol–water partition coefficient (Wildman–Crippen LogP) is 8.47. The molecule has 3 saturated carbocycles. The molecular weight excluding hydrogens is 493 g/mol. The second kappa shape index (κ2) is 13.3. The van der Waals surface area contributed by atoms with Crippen LogP contribution in [0.2, 0.25) is 0 Å². The molecule has 3 aliphatic rings. The summed E-state index contributed by atoms with van der Waals surface area (Å²) in [5, 5.41) is 0. The zero-order chi connectivity index (χ0) is 28.1. The van der Waals surface area contributed by atoms with Gasteiger partial charge in [0.15, 0.2) is 0 Å². The molecule has 0 aromatic carbocycles. The first-order valence-electron chi connectivity index (χ1n) is 15.2. The van der Waals surface area contributed by atoms with Crippen molar-refractivity contribution in [2.45, 2.75) is 104 Å². The van der Waals surface area contributed by atoms with Gasteiger partial charge in [0.2, 0.25) is 0 Å². The number of hydrogen-bond donors (Lipinski definition) is 1. The van der Waals surface area contributed by atoms with Crippen molar-refractivity contribution in [2.75, 3.05) is 34.3 Å². The number of allylic oxidation sites excluding steroid dienone is 4. The third-order valence-corrected chi connectivity index (χ3v) is 10.7. The van der Waals surface area contributed by atoms with Gasteiger partial charge in [0.05, 0.1) is 27.2 Å². The lowest BCUT2D eigenvalue weighted by Gasteiger charge is -2.44. The van der Waals surface area contributed by atoms with E-state index in [4.69, 9.17) is 9.05 Å². The molecule has 0 amide bonds. The van der Waals surface area contributed by atoms with E-state index in [2.05, 4.69) is 46.4 Å². The highest BCUT2D eigenvalue weighted by atomic mass is 31.2. The van der Waals surface area contributed by atoms with E-state index in [1.54, 1.807) is 5.57 Å². The molecule has 3 aliphatic carbocycles. The number of rotatable bonds is 12. The van der Waals surface area contributed by atoms with E-state index in [1.165, 1.54) is 51.4 Å². The third kappa shape index (κ3) is 8.90. The summed E-state index contributed by atoms with van der Waals surface area (Å²) in [6.45, 7) is 14.9. The Kier molecular flexibility index (Phi) is 11.1. The maximum absolute atomic E-state index is 12.6. The molecule has 0 radical (unpaired) electrons. The van der Waals surface area contributed by atoms with Crippen molar-refractivity contribution in [1.82, 2.24) is 0 Å². The van der Waals surface area contributed by atoms with Gasteiger partial charge in [-0.25, -0.2) is 4.57 Å². The van der Waals surface area contributed by atoms with Crippen molar-refractivity contribution in [2.24, 2.45) is 29.1 Å². The minimum absolute atomic E-state index is 0.197. The minimum atomic E-state index is -4.08. The van der Waals surface area contributed by atoms with Gasteiger partial charge in [-0.05, 0) is 86.0 Å². The van der Waals surface area contributed by atoms with Crippen LogP contribution in [-0.4, -0.2) is 49.8 Å². The number of fused-ring (bicyclic) bond motifs is 1. The maximum Gasteiger partial charge on any atom is 0.472 e. The number of phosphoric ester groups is 1. The number of phosphoric acid groups is 1. The molecule has 1 unspecified atom stereocenters. The predicted molar refractivity (Wildman–Crippen MR) is 159 cm³/mol. The van der Waals surface area contributed by atoms with Crippen LogP contribution in [0.25, 0.3) is 0 Å². The minimum Gasteiger partial charge on any atom is -0.329 e. The van der Waals surface area contributed by atoms with Gasteiger partial charge >= 0.3 is 7.82 Å². The molecule has 5 nitrogen and oxygen atoms in total. The summed E-state index contributed by atoms with van der Waals surface area (Å²) in [6, 6.07) is 0. The molecule has 3 rings (SSSR count). The second-order valence-corrected chi connectivity index (χ2v) is 15.6. The highest BCUT2D eigenvalue weighted by Crippen LogP contribution is 2.60. The van der Waals surface area contributed by atoms with Crippen molar-refractivity contribution in [3.05, 3.63) is 35.5 Å². The summed E-state index contributed by atoms with van der Waals surface area (Å²) in [7, 11) is 2.01. The first-order chi connectivity index (χ1) is 17.7. The number of nitrogens with zero attached hydrogens (tertiary/aromatic N) is 1. The van der Waals surface area contributed by atoms with Crippen molar-refractivity contribution in [1.29, 1.82) is 0 Å². The van der Waals surface area contributed by atoms with E-state index in [0.29, 0.717) is 35.2 Å². The number of hydrogen-bond acceptors (Lipinski definition) is 3. The molecule has 3 fully saturated rings. The molecule has 6 heteroatoms. The standard InChI is InChI=1S/C32H56NO4P/c1-24(2)11-9-12-26(4)30-18-19-31-27(13-10-20-32(30,31)5)15-16-28-23-29(17-14-25(28)3)37-38(34,35)36-22-21-33(6,7)8/h15-16,24,26,29-31H,3,9-14,17-23H2,1-2,4-8H3/p+1/t26-,29+,30-,31+,32-/m1/s1. The SMILES string of the molecule is C=C1CC[C@H](OP(=O)(O)OCC[N+](C)(C)C)CC1=CC=C1CCC[C@]2(C)[C@@H]([C@H](C)CCCC(C)C)CC[C@@H]12. The topological polar surface area (TPSA) is 55.8 Å². The normalized spacial score (nSPS) is 33.1. The van der Waals surface area contributed by atoms with Crippen LogP contribution in [0.3, 0.4) is 0 Å². The van der Waals surface area contributed by atoms with Crippen LogP contribution in [0.1, 0.15) is 98.3 Å². The van der Waals surface area contributed by atoms with Gasteiger partial charge < -0.3 is 9.38 Å². The van der Waals surface area contributed by atoms with Gasteiger partial charge in [-0.15, -0.1) is 0 Å². The Labute approximate surface area is 234 Å². The Morgan fingerprint density at radius 1 is 1.13 bits per heavy atom. The van der Waals surface area contributed by atoms with Gasteiger partial charge in [-0.1, -0.05) is 76.8 Å². The van der Waals surface area contributed by atoms with Gasteiger partial charge in [-0.2, -0.15) is 0 Å². The lowest BCUT2D eigenvalue weighted by Crippen LogP contribution is -2.37. The molecule has 0 aromatic heterocycles. The van der Waals surface area contributed by atoms with Gasteiger partial charge in [0.25, 0.3) is 0 Å². The molecule has 6 atom stereocenters. The van der Waals surface area contributed by atoms with E-state index in [1.807, 2.05) is 21.1 Å². The van der Waals surface area contributed by atoms with Crippen molar-refractivity contribution in [3.63, 3.8) is 0 Å². The number of likely N-dealkylation sites (N-methyl/N-ethyl adjacent to an activating group) is 1.